The van der Waals surface area contributed by atoms with Gasteiger partial charge in [0.15, 0.2) is 9.84 Å². The average molecular weight is 287 g/mol. The summed E-state index contributed by atoms with van der Waals surface area (Å²) in [4.78, 5) is 1.39. The summed E-state index contributed by atoms with van der Waals surface area (Å²) in [5.74, 6) is 1.04. The number of rotatable bonds is 6. The van der Waals surface area contributed by atoms with Gasteiger partial charge < -0.3 is 5.32 Å². The van der Waals surface area contributed by atoms with E-state index >= 15 is 0 Å². The van der Waals surface area contributed by atoms with Gasteiger partial charge in [0.25, 0.3) is 0 Å². The number of hydrogen-bond donors (Lipinski definition) is 1. The zero-order valence-electron chi connectivity index (χ0n) is 10.8. The molecule has 5 heteroatoms. The normalized spacial score (nSPS) is 24.2. The number of nitrogens with one attached hydrogen (secondary N) is 1. The fourth-order valence-electron chi connectivity index (χ4n) is 2.66. The standard InChI is InChI=1S/C13H21NO2S2/c1-2-14-13(6-5-12-4-3-8-17-12)11-7-9-18(15,16)10-11/h3-4,8,11,13-14H,2,5-7,9-10H2,1H3. The highest BCUT2D eigenvalue weighted by Crippen LogP contribution is 2.25. The lowest BCUT2D eigenvalue weighted by Crippen LogP contribution is -2.37. The molecule has 0 saturated carbocycles. The first-order chi connectivity index (χ1) is 8.61. The van der Waals surface area contributed by atoms with Crippen molar-refractivity contribution in [1.82, 2.24) is 5.32 Å². The Hall–Kier alpha value is -0.390. The number of aryl methyl sites for hydroxylation is 1. The Morgan fingerprint density at radius 1 is 1.56 bits per heavy atom. The van der Waals surface area contributed by atoms with Gasteiger partial charge >= 0.3 is 0 Å². The van der Waals surface area contributed by atoms with E-state index in [1.807, 2.05) is 0 Å². The topological polar surface area (TPSA) is 46.2 Å². The second kappa shape index (κ2) is 6.17. The molecule has 3 nitrogen and oxygen atoms in total. The molecule has 1 aromatic heterocycles. The summed E-state index contributed by atoms with van der Waals surface area (Å²) >= 11 is 1.78. The second-order valence-electron chi connectivity index (χ2n) is 4.95. The average Bonchev–Trinajstić information content (AvgIpc) is 2.93. The minimum Gasteiger partial charge on any atom is -0.314 e. The van der Waals surface area contributed by atoms with Gasteiger partial charge in [-0.15, -0.1) is 11.3 Å². The lowest BCUT2D eigenvalue weighted by atomic mass is 9.94. The van der Waals surface area contributed by atoms with Gasteiger partial charge in [0.05, 0.1) is 11.5 Å². The molecule has 1 aliphatic heterocycles. The zero-order chi connectivity index (χ0) is 13.0. The molecular weight excluding hydrogens is 266 g/mol. The monoisotopic (exact) mass is 287 g/mol. The first kappa shape index (κ1) is 14.0. The molecule has 1 saturated heterocycles. The van der Waals surface area contributed by atoms with Crippen molar-refractivity contribution in [1.29, 1.82) is 0 Å². The largest absolute Gasteiger partial charge is 0.314 e. The minimum absolute atomic E-state index is 0.301. The smallest absolute Gasteiger partial charge is 0.150 e. The first-order valence-electron chi connectivity index (χ1n) is 6.57. The van der Waals surface area contributed by atoms with E-state index in [-0.39, 0.29) is 0 Å². The van der Waals surface area contributed by atoms with Crippen LogP contribution in [0.3, 0.4) is 0 Å². The van der Waals surface area contributed by atoms with Crippen LogP contribution in [0.2, 0.25) is 0 Å². The molecule has 2 rings (SSSR count). The van der Waals surface area contributed by atoms with Crippen LogP contribution in [0.5, 0.6) is 0 Å². The lowest BCUT2D eigenvalue weighted by Gasteiger charge is -2.23. The van der Waals surface area contributed by atoms with E-state index in [1.54, 1.807) is 11.3 Å². The maximum absolute atomic E-state index is 11.6. The maximum atomic E-state index is 11.6. The van der Waals surface area contributed by atoms with Gasteiger partial charge in [-0.2, -0.15) is 0 Å². The molecule has 2 unspecified atom stereocenters. The van der Waals surface area contributed by atoms with Crippen LogP contribution in [0.1, 0.15) is 24.6 Å². The summed E-state index contributed by atoms with van der Waals surface area (Å²) in [5.41, 5.74) is 0. The van der Waals surface area contributed by atoms with Crippen LogP contribution in [0.15, 0.2) is 17.5 Å². The minimum atomic E-state index is -2.77. The van der Waals surface area contributed by atoms with E-state index in [1.165, 1.54) is 4.88 Å². The molecule has 1 aliphatic rings. The van der Waals surface area contributed by atoms with Gasteiger partial charge in [0.2, 0.25) is 0 Å². The highest BCUT2D eigenvalue weighted by atomic mass is 32.2. The van der Waals surface area contributed by atoms with E-state index in [0.717, 1.165) is 25.8 Å². The number of thiophene rings is 1. The third-order valence-electron chi connectivity index (χ3n) is 3.58. The third-order valence-corrected chi connectivity index (χ3v) is 6.31. The van der Waals surface area contributed by atoms with Crippen LogP contribution in [0, 0.1) is 5.92 Å². The molecule has 2 atom stereocenters. The summed E-state index contributed by atoms with van der Waals surface area (Å²) < 4.78 is 23.1. The molecule has 0 aliphatic carbocycles. The molecule has 0 aromatic carbocycles. The Kier molecular flexibility index (Phi) is 4.81. The zero-order valence-corrected chi connectivity index (χ0v) is 12.4. The number of sulfone groups is 1. The fraction of sp³-hybridized carbons (Fsp3) is 0.692. The molecule has 1 aromatic rings. The Morgan fingerprint density at radius 2 is 2.39 bits per heavy atom. The van der Waals surface area contributed by atoms with E-state index in [4.69, 9.17) is 0 Å². The van der Waals surface area contributed by atoms with Gasteiger partial charge in [-0.1, -0.05) is 13.0 Å². The van der Waals surface area contributed by atoms with Crippen LogP contribution in [0.25, 0.3) is 0 Å². The summed E-state index contributed by atoms with van der Waals surface area (Å²) in [6.07, 6.45) is 2.91. The summed E-state index contributed by atoms with van der Waals surface area (Å²) in [6.45, 7) is 2.99. The van der Waals surface area contributed by atoms with Crippen molar-refractivity contribution in [3.63, 3.8) is 0 Å². The van der Waals surface area contributed by atoms with E-state index in [9.17, 15) is 8.42 Å². The van der Waals surface area contributed by atoms with E-state index < -0.39 is 9.84 Å². The van der Waals surface area contributed by atoms with Crippen molar-refractivity contribution in [3.05, 3.63) is 22.4 Å². The predicted octanol–water partition coefficient (Wildman–Crippen LogP) is 2.09. The quantitative estimate of drug-likeness (QED) is 0.871. The Bertz CT molecular complexity index is 453. The Morgan fingerprint density at radius 3 is 2.94 bits per heavy atom. The third kappa shape index (κ3) is 3.80. The van der Waals surface area contributed by atoms with Crippen LogP contribution in [-0.4, -0.2) is 32.5 Å². The van der Waals surface area contributed by atoms with Crippen LogP contribution in [-0.2, 0) is 16.3 Å². The molecule has 1 fully saturated rings. The van der Waals surface area contributed by atoms with Crippen molar-refractivity contribution in [2.75, 3.05) is 18.1 Å². The van der Waals surface area contributed by atoms with Gasteiger partial charge in [0, 0.05) is 10.9 Å². The number of hydrogen-bond acceptors (Lipinski definition) is 4. The van der Waals surface area contributed by atoms with Gasteiger partial charge in [-0.3, -0.25) is 0 Å². The summed E-state index contributed by atoms with van der Waals surface area (Å²) in [6, 6.07) is 4.57. The van der Waals surface area contributed by atoms with Gasteiger partial charge in [-0.25, -0.2) is 8.42 Å². The van der Waals surface area contributed by atoms with Crippen LogP contribution >= 0.6 is 11.3 Å². The van der Waals surface area contributed by atoms with Crippen LogP contribution in [0.4, 0.5) is 0 Å². The van der Waals surface area contributed by atoms with E-state index in [2.05, 4.69) is 29.8 Å². The lowest BCUT2D eigenvalue weighted by molar-refractivity contribution is 0.368. The van der Waals surface area contributed by atoms with E-state index in [0.29, 0.717) is 23.5 Å². The molecule has 1 N–H and O–H groups in total. The van der Waals surface area contributed by atoms with Crippen molar-refractivity contribution in [2.45, 2.75) is 32.2 Å². The highest BCUT2D eigenvalue weighted by molar-refractivity contribution is 7.91. The maximum Gasteiger partial charge on any atom is 0.150 e. The molecular formula is C13H21NO2S2. The SMILES string of the molecule is CCNC(CCc1cccs1)C1CCS(=O)(=O)C1. The second-order valence-corrected chi connectivity index (χ2v) is 8.21. The van der Waals surface area contributed by atoms with Crippen molar-refractivity contribution >= 4 is 21.2 Å². The molecule has 0 amide bonds. The molecule has 102 valence electrons. The molecule has 0 radical (unpaired) electrons. The molecule has 18 heavy (non-hydrogen) atoms. The fourth-order valence-corrected chi connectivity index (χ4v) is 5.26. The first-order valence-corrected chi connectivity index (χ1v) is 9.27. The highest BCUT2D eigenvalue weighted by Gasteiger charge is 2.32. The Labute approximate surface area is 114 Å². The molecule has 0 bridgehead atoms. The van der Waals surface area contributed by atoms with Gasteiger partial charge in [0.1, 0.15) is 0 Å². The molecule has 0 spiro atoms. The van der Waals surface area contributed by atoms with Crippen molar-refractivity contribution in [2.24, 2.45) is 5.92 Å². The van der Waals surface area contributed by atoms with Crippen molar-refractivity contribution < 1.29 is 8.42 Å². The van der Waals surface area contributed by atoms with Crippen molar-refractivity contribution in [3.8, 4) is 0 Å². The summed E-state index contributed by atoms with van der Waals surface area (Å²) in [7, 11) is -2.77. The van der Waals surface area contributed by atoms with Gasteiger partial charge in [-0.05, 0) is 43.2 Å². The molecule has 2 heterocycles. The summed E-state index contributed by atoms with van der Waals surface area (Å²) in [5, 5.41) is 5.56. The van der Waals surface area contributed by atoms with Crippen LogP contribution < -0.4 is 5.32 Å². The predicted molar refractivity (Wildman–Crippen MR) is 76.9 cm³/mol. The Balaban J connectivity index is 1.91.